The summed E-state index contributed by atoms with van der Waals surface area (Å²) in [5.74, 6) is -0.00289. The average Bonchev–Trinajstić information content (AvgIpc) is 2.89. The molecule has 0 unspecified atom stereocenters. The molecule has 3 rings (SSSR count). The second kappa shape index (κ2) is 7.16. The fourth-order valence-electron chi connectivity index (χ4n) is 4.07. The van der Waals surface area contributed by atoms with Gasteiger partial charge in [0.2, 0.25) is 0 Å². The molecule has 2 N–H and O–H groups in total. The Morgan fingerprint density at radius 3 is 2.38 bits per heavy atom. The predicted octanol–water partition coefficient (Wildman–Crippen LogP) is 3.73. The smallest absolute Gasteiger partial charge is 0.251 e. The first-order valence-electron chi connectivity index (χ1n) is 8.99. The number of nitrogens with one attached hydrogen (secondary N) is 2. The summed E-state index contributed by atoms with van der Waals surface area (Å²) in [4.78, 5) is 12.7. The zero-order valence-corrected chi connectivity index (χ0v) is 17.4. The first kappa shape index (κ1) is 19.1. The van der Waals surface area contributed by atoms with Gasteiger partial charge in [0.15, 0.2) is 0 Å². The highest BCUT2D eigenvalue weighted by atomic mass is 79.9. The molecule has 1 aromatic carbocycles. The van der Waals surface area contributed by atoms with Gasteiger partial charge in [-0.25, -0.2) is 0 Å². The first-order valence-corrected chi connectivity index (χ1v) is 9.78. The maximum Gasteiger partial charge on any atom is 0.251 e. The van der Waals surface area contributed by atoms with Gasteiger partial charge in [-0.2, -0.15) is 5.10 Å². The van der Waals surface area contributed by atoms with Crippen LogP contribution < -0.4 is 10.6 Å². The zero-order chi connectivity index (χ0) is 18.9. The van der Waals surface area contributed by atoms with Crippen LogP contribution in [0.2, 0.25) is 0 Å². The van der Waals surface area contributed by atoms with E-state index in [0.717, 1.165) is 22.9 Å². The Morgan fingerprint density at radius 2 is 1.85 bits per heavy atom. The average molecular weight is 419 g/mol. The number of halogens is 1. The van der Waals surface area contributed by atoms with E-state index >= 15 is 0 Å². The van der Waals surface area contributed by atoms with Gasteiger partial charge in [-0.15, -0.1) is 0 Å². The lowest BCUT2D eigenvalue weighted by molar-refractivity contribution is 0.0873. The number of rotatable bonds is 4. The van der Waals surface area contributed by atoms with Crippen molar-refractivity contribution in [2.45, 2.75) is 64.2 Å². The highest BCUT2D eigenvalue weighted by Gasteiger charge is 2.38. The maximum atomic E-state index is 12.7. The summed E-state index contributed by atoms with van der Waals surface area (Å²) in [7, 11) is 0. The molecule has 2 aromatic rings. The lowest BCUT2D eigenvalue weighted by atomic mass is 9.79. The van der Waals surface area contributed by atoms with Gasteiger partial charge < -0.3 is 10.6 Å². The van der Waals surface area contributed by atoms with Crippen molar-refractivity contribution in [1.29, 1.82) is 0 Å². The van der Waals surface area contributed by atoms with Crippen LogP contribution in [-0.4, -0.2) is 32.8 Å². The van der Waals surface area contributed by atoms with Crippen LogP contribution in [0.5, 0.6) is 0 Å². The highest BCUT2D eigenvalue weighted by Crippen LogP contribution is 2.28. The van der Waals surface area contributed by atoms with Gasteiger partial charge in [-0.05, 0) is 74.2 Å². The minimum absolute atomic E-state index is 0.00289. The second-order valence-electron chi connectivity index (χ2n) is 8.52. The monoisotopic (exact) mass is 418 g/mol. The number of carbonyl (C=O) groups excluding carboxylic acids is 1. The molecule has 5 nitrogen and oxygen atoms in total. The van der Waals surface area contributed by atoms with Gasteiger partial charge in [0.05, 0.1) is 17.2 Å². The van der Waals surface area contributed by atoms with Crippen LogP contribution in [0.25, 0.3) is 0 Å². The van der Waals surface area contributed by atoms with Crippen molar-refractivity contribution < 1.29 is 4.79 Å². The van der Waals surface area contributed by atoms with E-state index < -0.39 is 0 Å². The molecule has 0 atom stereocenters. The Morgan fingerprint density at radius 1 is 1.23 bits per heavy atom. The van der Waals surface area contributed by atoms with Crippen molar-refractivity contribution in [1.82, 2.24) is 20.4 Å². The summed E-state index contributed by atoms with van der Waals surface area (Å²) in [6.45, 7) is 9.44. The van der Waals surface area contributed by atoms with Crippen molar-refractivity contribution in [3.8, 4) is 0 Å². The molecule has 2 heterocycles. The number of carbonyl (C=O) groups is 1. The quantitative estimate of drug-likeness (QED) is 0.794. The van der Waals surface area contributed by atoms with Crippen LogP contribution in [0.1, 0.15) is 56.5 Å². The van der Waals surface area contributed by atoms with E-state index in [0.29, 0.717) is 12.1 Å². The molecule has 0 bridgehead atoms. The Labute approximate surface area is 163 Å². The zero-order valence-electron chi connectivity index (χ0n) is 15.8. The third kappa shape index (κ3) is 4.95. The van der Waals surface area contributed by atoms with Crippen LogP contribution in [0.3, 0.4) is 0 Å². The largest absolute Gasteiger partial charge is 0.349 e. The molecule has 1 amide bonds. The Hall–Kier alpha value is -1.66. The fourth-order valence-corrected chi connectivity index (χ4v) is 4.39. The first-order chi connectivity index (χ1) is 12.1. The summed E-state index contributed by atoms with van der Waals surface area (Å²) in [5, 5.41) is 11.1. The molecule has 1 aliphatic heterocycles. The number of piperidine rings is 1. The number of amides is 1. The predicted molar refractivity (Wildman–Crippen MR) is 107 cm³/mol. The normalized spacial score (nSPS) is 19.3. The summed E-state index contributed by atoms with van der Waals surface area (Å²) in [6.07, 6.45) is 5.55. The molecular formula is C20H27BrN4O. The van der Waals surface area contributed by atoms with Gasteiger partial charge in [-0.3, -0.25) is 9.48 Å². The van der Waals surface area contributed by atoms with E-state index in [4.69, 9.17) is 0 Å². The van der Waals surface area contributed by atoms with Crippen LogP contribution in [0.15, 0.2) is 41.1 Å². The molecule has 1 aromatic heterocycles. The lowest BCUT2D eigenvalue weighted by Crippen LogP contribution is -2.62. The minimum atomic E-state index is -0.00289. The van der Waals surface area contributed by atoms with Gasteiger partial charge >= 0.3 is 0 Å². The van der Waals surface area contributed by atoms with Crippen LogP contribution in [0.4, 0.5) is 0 Å². The SMILES string of the molecule is CC1(C)CC(NC(=O)c2ccc(Cn3cc(Br)cn3)cc2)CC(C)(C)N1. The summed E-state index contributed by atoms with van der Waals surface area (Å²) in [6, 6.07) is 7.93. The van der Waals surface area contributed by atoms with Crippen molar-refractivity contribution >= 4 is 21.8 Å². The molecule has 1 saturated heterocycles. The number of benzene rings is 1. The number of hydrogen-bond donors (Lipinski definition) is 2. The van der Waals surface area contributed by atoms with Crippen LogP contribution in [-0.2, 0) is 6.54 Å². The summed E-state index contributed by atoms with van der Waals surface area (Å²) < 4.78 is 2.82. The van der Waals surface area contributed by atoms with Gasteiger partial charge in [-0.1, -0.05) is 12.1 Å². The molecule has 0 radical (unpaired) electrons. The summed E-state index contributed by atoms with van der Waals surface area (Å²) >= 11 is 3.40. The van der Waals surface area contributed by atoms with E-state index in [9.17, 15) is 4.79 Å². The number of nitrogens with zero attached hydrogens (tertiary/aromatic N) is 2. The topological polar surface area (TPSA) is 59.0 Å². The number of hydrogen-bond acceptors (Lipinski definition) is 3. The lowest BCUT2D eigenvalue weighted by Gasteiger charge is -2.46. The maximum absolute atomic E-state index is 12.7. The molecule has 26 heavy (non-hydrogen) atoms. The molecule has 140 valence electrons. The van der Waals surface area contributed by atoms with E-state index in [1.165, 1.54) is 0 Å². The Kier molecular flexibility index (Phi) is 5.26. The molecule has 0 saturated carbocycles. The molecule has 1 aliphatic rings. The van der Waals surface area contributed by atoms with E-state index in [-0.39, 0.29) is 23.0 Å². The summed E-state index contributed by atoms with van der Waals surface area (Å²) in [5.41, 5.74) is 1.84. The van der Waals surface area contributed by atoms with Crippen molar-refractivity contribution in [3.05, 3.63) is 52.3 Å². The van der Waals surface area contributed by atoms with Crippen LogP contribution in [0, 0.1) is 0 Å². The van der Waals surface area contributed by atoms with Crippen molar-refractivity contribution in [2.75, 3.05) is 0 Å². The Balaban J connectivity index is 1.63. The highest BCUT2D eigenvalue weighted by molar-refractivity contribution is 9.10. The van der Waals surface area contributed by atoms with E-state index in [2.05, 4.69) is 59.4 Å². The minimum Gasteiger partial charge on any atom is -0.349 e. The third-order valence-corrected chi connectivity index (χ3v) is 5.10. The Bertz CT molecular complexity index is 763. The standard InChI is InChI=1S/C20H27BrN4O/c1-19(2)9-17(10-20(3,4)24-19)23-18(26)15-7-5-14(6-8-15)12-25-13-16(21)11-22-25/h5-8,11,13,17,24H,9-10,12H2,1-4H3,(H,23,26). The molecule has 0 spiro atoms. The van der Waals surface area contributed by atoms with Crippen molar-refractivity contribution in [2.24, 2.45) is 0 Å². The fraction of sp³-hybridized carbons (Fsp3) is 0.500. The molecular weight excluding hydrogens is 392 g/mol. The van der Waals surface area contributed by atoms with Gasteiger partial charge in [0, 0.05) is 28.9 Å². The van der Waals surface area contributed by atoms with E-state index in [1.807, 2.05) is 35.1 Å². The molecule has 0 aliphatic carbocycles. The third-order valence-electron chi connectivity index (χ3n) is 4.69. The van der Waals surface area contributed by atoms with Crippen LogP contribution >= 0.6 is 15.9 Å². The van der Waals surface area contributed by atoms with Crippen molar-refractivity contribution in [3.63, 3.8) is 0 Å². The van der Waals surface area contributed by atoms with Gasteiger partial charge in [0.1, 0.15) is 0 Å². The second-order valence-corrected chi connectivity index (χ2v) is 9.44. The molecule has 6 heteroatoms. The number of aromatic nitrogens is 2. The molecule has 1 fully saturated rings. The van der Waals surface area contributed by atoms with E-state index in [1.54, 1.807) is 6.20 Å². The van der Waals surface area contributed by atoms with Gasteiger partial charge in [0.25, 0.3) is 5.91 Å².